The number of rotatable bonds is 8. The highest BCUT2D eigenvalue weighted by atomic mass is 35.5. The van der Waals surface area contributed by atoms with Gasteiger partial charge >= 0.3 is 5.69 Å². The van der Waals surface area contributed by atoms with Crippen molar-refractivity contribution in [2.45, 2.75) is 119 Å². The molecule has 10 rings (SSSR count). The molecule has 2 aromatic carbocycles. The van der Waals surface area contributed by atoms with Gasteiger partial charge in [0, 0.05) is 99.1 Å². The predicted octanol–water partition coefficient (Wildman–Crippen LogP) is 6.18. The van der Waals surface area contributed by atoms with E-state index in [-0.39, 0.29) is 58.4 Å². The first-order valence-electron chi connectivity index (χ1n) is 24.6. The molecule has 14 nitrogen and oxygen atoms in total. The number of imidazole rings is 1. The molecule has 4 aliphatic heterocycles. The Balaban J connectivity index is 0.746. The summed E-state index contributed by atoms with van der Waals surface area (Å²) in [5, 5.41) is 12.8. The van der Waals surface area contributed by atoms with E-state index in [1.54, 1.807) is 25.2 Å². The Hall–Kier alpha value is -5.11. The summed E-state index contributed by atoms with van der Waals surface area (Å²) in [4.78, 5) is 76.1. The van der Waals surface area contributed by atoms with Gasteiger partial charge in [0.1, 0.15) is 11.5 Å². The predicted molar refractivity (Wildman–Crippen MR) is 262 cm³/mol. The fraction of sp³-hybridized carbons (Fsp3) is 0.538. The average molecular weight is 981 g/mol. The number of nitrogens with zero attached hydrogens (tertiary/aromatic N) is 5. The molecule has 4 N–H and O–H groups in total. The molecule has 2 aromatic heterocycles. The molecule has 0 bridgehead atoms. The maximum absolute atomic E-state index is 16.4. The third-order valence-corrected chi connectivity index (χ3v) is 17.0. The third kappa shape index (κ3) is 8.58. The number of aromatic nitrogens is 3. The lowest BCUT2D eigenvalue weighted by Crippen LogP contribution is -2.61. The van der Waals surface area contributed by atoms with Gasteiger partial charge in [0.15, 0.2) is 11.0 Å². The Bertz CT molecular complexity index is 2840. The van der Waals surface area contributed by atoms with Crippen molar-refractivity contribution in [2.75, 3.05) is 44.6 Å². The van der Waals surface area contributed by atoms with Crippen LogP contribution in [0.3, 0.4) is 0 Å². The molecule has 69 heavy (non-hydrogen) atoms. The molecule has 17 heteroatoms. The first-order chi connectivity index (χ1) is 33.1. The smallest absolute Gasteiger partial charge is 0.329 e. The number of amides is 4. The molecule has 4 atom stereocenters. The molecular formula is C52H60Cl2FN9O5. The van der Waals surface area contributed by atoms with E-state index in [2.05, 4.69) is 61.7 Å². The summed E-state index contributed by atoms with van der Waals surface area (Å²) in [5.41, 5.74) is 1.21. The molecule has 2 aliphatic carbocycles. The van der Waals surface area contributed by atoms with Crippen LogP contribution in [0.25, 0.3) is 11.0 Å². The van der Waals surface area contributed by atoms with Crippen molar-refractivity contribution in [2.24, 2.45) is 18.4 Å². The number of aryl methyl sites for hydroxylation is 1. The Morgan fingerprint density at radius 2 is 1.64 bits per heavy atom. The SMILES string of the molecule is Cn1c(=O)n(C2CCC(=O)NC2=O)c2ccc(C#CCCN3CCN(CC4CCC(NC(=O)[C@@H]5NC6(CCC(C)(C)CC6)[C@@]6(C(=O)Nc7cc(Cl)ccc76)[C@H]5c5ccnc(Cl)c5F)CC4)CC3)cc21. The standard InChI is InChI=1S/C52H60Cl2FN9O5/c1-50(2)18-20-51(21-19-50)52(36-13-10-33(53)29-37(36)58-48(52)68)42(35-17-22-56-45(54)43(35)55)44(60-51)47(67)57-34-11-7-32(8-12-34)30-63-26-24-62(25-27-63)23-5-4-6-31-9-14-38-40(28-31)61(3)49(69)64(38)39-15-16-41(65)59-46(39)66/h9-10,13-14,17,22,28-29,32,34,39,42,44,60H,5,7-8,11-12,15-16,18-21,23-27,30H2,1-3H3,(H,57,67)(H,58,68)(H,59,65,66)/t32?,34?,39?,42-,44+,52+/m0/s1. The zero-order chi connectivity index (χ0) is 48.4. The fourth-order valence-electron chi connectivity index (χ4n) is 12.7. The molecule has 2 spiro atoms. The second-order valence-corrected chi connectivity index (χ2v) is 21.9. The normalized spacial score (nSPS) is 27.8. The van der Waals surface area contributed by atoms with Crippen LogP contribution in [-0.4, -0.2) is 104 Å². The lowest BCUT2D eigenvalue weighted by Gasteiger charge is -2.50. The number of nitrogens with one attached hydrogen (secondary N) is 4. The number of anilines is 1. The van der Waals surface area contributed by atoms with Crippen molar-refractivity contribution in [3.8, 4) is 11.8 Å². The number of halogens is 3. The van der Waals surface area contributed by atoms with Crippen LogP contribution < -0.4 is 27.0 Å². The molecule has 6 heterocycles. The van der Waals surface area contributed by atoms with Crippen LogP contribution in [0.15, 0.2) is 53.5 Å². The number of carbonyl (C=O) groups excluding carboxylic acids is 4. The molecule has 4 aromatic rings. The minimum Gasteiger partial charge on any atom is -0.352 e. The van der Waals surface area contributed by atoms with E-state index in [0.29, 0.717) is 46.9 Å². The first kappa shape index (κ1) is 47.6. The average Bonchev–Trinajstić information content (AvgIpc) is 3.88. The number of hydrogen-bond donors (Lipinski definition) is 4. The number of carbonyl (C=O) groups is 4. The number of benzene rings is 2. The third-order valence-electron chi connectivity index (χ3n) is 16.5. The number of piperidine rings is 1. The van der Waals surface area contributed by atoms with Gasteiger partial charge in [-0.05, 0) is 117 Å². The van der Waals surface area contributed by atoms with E-state index >= 15 is 4.39 Å². The lowest BCUT2D eigenvalue weighted by atomic mass is 9.53. The molecule has 6 aliphatic rings. The first-order valence-corrected chi connectivity index (χ1v) is 25.3. The molecular weight excluding hydrogens is 921 g/mol. The summed E-state index contributed by atoms with van der Waals surface area (Å²) in [5.74, 6) is 4.19. The number of piperazine rings is 1. The zero-order valence-corrected chi connectivity index (χ0v) is 40.9. The summed E-state index contributed by atoms with van der Waals surface area (Å²) in [7, 11) is 1.68. The van der Waals surface area contributed by atoms with Crippen LogP contribution >= 0.6 is 23.2 Å². The number of hydrogen-bond acceptors (Lipinski definition) is 9. The van der Waals surface area contributed by atoms with Crippen LogP contribution in [0.4, 0.5) is 10.1 Å². The van der Waals surface area contributed by atoms with E-state index in [1.807, 2.05) is 24.3 Å². The monoisotopic (exact) mass is 979 g/mol. The van der Waals surface area contributed by atoms with Crippen LogP contribution in [0, 0.1) is 29.0 Å². The summed E-state index contributed by atoms with van der Waals surface area (Å²) in [6, 6.07) is 10.8. The zero-order valence-electron chi connectivity index (χ0n) is 39.4. The Kier molecular flexibility index (Phi) is 12.8. The molecule has 364 valence electrons. The highest BCUT2D eigenvalue weighted by Crippen LogP contribution is 2.64. The molecule has 3 saturated heterocycles. The van der Waals surface area contributed by atoms with Crippen LogP contribution in [0.2, 0.25) is 10.2 Å². The summed E-state index contributed by atoms with van der Waals surface area (Å²) in [6.45, 7) is 10.2. The van der Waals surface area contributed by atoms with E-state index in [9.17, 15) is 24.0 Å². The Labute approximate surface area is 411 Å². The number of imide groups is 1. The van der Waals surface area contributed by atoms with Gasteiger partial charge < -0.3 is 15.5 Å². The summed E-state index contributed by atoms with van der Waals surface area (Å²) in [6.07, 6.45) is 9.18. The summed E-state index contributed by atoms with van der Waals surface area (Å²) >= 11 is 12.8. The van der Waals surface area contributed by atoms with Gasteiger partial charge in [-0.25, -0.2) is 14.2 Å². The largest absolute Gasteiger partial charge is 0.352 e. The van der Waals surface area contributed by atoms with E-state index in [1.165, 1.54) is 15.3 Å². The van der Waals surface area contributed by atoms with Crippen LogP contribution in [-0.2, 0) is 31.6 Å². The number of pyridine rings is 1. The van der Waals surface area contributed by atoms with Crippen LogP contribution in [0.5, 0.6) is 0 Å². The highest BCUT2D eigenvalue weighted by molar-refractivity contribution is 6.31. The van der Waals surface area contributed by atoms with Crippen molar-refractivity contribution >= 4 is 63.6 Å². The maximum atomic E-state index is 16.4. The Morgan fingerprint density at radius 1 is 0.899 bits per heavy atom. The van der Waals surface area contributed by atoms with Crippen molar-refractivity contribution < 1.29 is 23.6 Å². The maximum Gasteiger partial charge on any atom is 0.329 e. The molecule has 0 radical (unpaired) electrons. The van der Waals surface area contributed by atoms with Gasteiger partial charge in [-0.2, -0.15) is 0 Å². The van der Waals surface area contributed by atoms with Crippen molar-refractivity contribution in [1.29, 1.82) is 0 Å². The van der Waals surface area contributed by atoms with Gasteiger partial charge in [0.05, 0.1) is 17.1 Å². The van der Waals surface area contributed by atoms with Gasteiger partial charge in [-0.1, -0.05) is 55.0 Å². The summed E-state index contributed by atoms with van der Waals surface area (Å²) < 4.78 is 19.4. The quantitative estimate of drug-likeness (QED) is 0.0919. The van der Waals surface area contributed by atoms with Gasteiger partial charge in [-0.3, -0.25) is 43.8 Å². The van der Waals surface area contributed by atoms with E-state index in [4.69, 9.17) is 23.2 Å². The molecule has 5 fully saturated rings. The van der Waals surface area contributed by atoms with E-state index < -0.39 is 40.7 Å². The Morgan fingerprint density at radius 3 is 2.38 bits per heavy atom. The van der Waals surface area contributed by atoms with Gasteiger partial charge in [0.25, 0.3) is 0 Å². The van der Waals surface area contributed by atoms with Crippen LogP contribution in [0.1, 0.15) is 113 Å². The van der Waals surface area contributed by atoms with E-state index in [0.717, 1.165) is 88.9 Å². The second kappa shape index (κ2) is 18.6. The van der Waals surface area contributed by atoms with Crippen molar-refractivity contribution in [1.82, 2.24) is 39.9 Å². The molecule has 1 unspecified atom stereocenters. The highest BCUT2D eigenvalue weighted by Gasteiger charge is 2.73. The minimum atomic E-state index is -1.32. The number of fused-ring (bicyclic) bond motifs is 4. The van der Waals surface area contributed by atoms with Crippen molar-refractivity contribution in [3.05, 3.63) is 91.8 Å². The fourth-order valence-corrected chi connectivity index (χ4v) is 13.1. The second-order valence-electron chi connectivity index (χ2n) is 21.1. The van der Waals surface area contributed by atoms with Gasteiger partial charge in [-0.15, -0.1) is 0 Å². The topological polar surface area (TPSA) is 163 Å². The van der Waals surface area contributed by atoms with Crippen molar-refractivity contribution in [3.63, 3.8) is 0 Å². The molecule has 2 saturated carbocycles. The molecule has 4 amide bonds. The lowest BCUT2D eigenvalue weighted by molar-refractivity contribution is -0.136. The van der Waals surface area contributed by atoms with Gasteiger partial charge in [0.2, 0.25) is 23.6 Å². The minimum absolute atomic E-state index is 0.0398.